The van der Waals surface area contributed by atoms with Crippen molar-refractivity contribution in [3.8, 4) is 0 Å². The van der Waals surface area contributed by atoms with Crippen LogP contribution in [-0.2, 0) is 28.6 Å². The molecule has 1 N–H and O–H groups in total. The van der Waals surface area contributed by atoms with E-state index in [4.69, 9.17) is 14.2 Å². The summed E-state index contributed by atoms with van der Waals surface area (Å²) in [6.07, 6.45) is 35.1. The number of likely N-dealkylation sites (N-methyl/N-ethyl adjacent to an activating group) is 1. The van der Waals surface area contributed by atoms with E-state index in [0.29, 0.717) is 19.3 Å². The van der Waals surface area contributed by atoms with Gasteiger partial charge in [0.2, 0.25) is 0 Å². The maximum atomic E-state index is 12.7. The van der Waals surface area contributed by atoms with Gasteiger partial charge >= 0.3 is 17.9 Å². The van der Waals surface area contributed by atoms with Crippen LogP contribution in [0.3, 0.4) is 0 Å². The van der Waals surface area contributed by atoms with Crippen molar-refractivity contribution >= 4 is 17.9 Å². The first-order chi connectivity index (χ1) is 24.1. The molecule has 0 aromatic carbocycles. The van der Waals surface area contributed by atoms with Crippen molar-refractivity contribution < 1.29 is 38.2 Å². The predicted molar refractivity (Wildman–Crippen MR) is 206 cm³/mol. The van der Waals surface area contributed by atoms with Crippen LogP contribution in [0.25, 0.3) is 0 Å². The van der Waals surface area contributed by atoms with Crippen molar-refractivity contribution in [1.82, 2.24) is 0 Å². The molecule has 0 radical (unpaired) electrons. The van der Waals surface area contributed by atoms with Crippen LogP contribution in [0.5, 0.6) is 0 Å². The molecule has 0 saturated heterocycles. The molecule has 2 atom stereocenters. The maximum Gasteiger partial charge on any atom is 0.362 e. The van der Waals surface area contributed by atoms with E-state index in [1.54, 1.807) is 0 Å². The molecule has 0 saturated carbocycles. The molecule has 0 amide bonds. The number of carbonyl (C=O) groups is 3. The molecule has 0 heterocycles. The van der Waals surface area contributed by atoms with Gasteiger partial charge in [0.15, 0.2) is 12.1 Å². The summed E-state index contributed by atoms with van der Waals surface area (Å²) in [5.41, 5.74) is 0. The fourth-order valence-corrected chi connectivity index (χ4v) is 5.90. The second-order valence-corrected chi connectivity index (χ2v) is 14.9. The summed E-state index contributed by atoms with van der Waals surface area (Å²) in [6.45, 7) is 4.66. The normalized spacial score (nSPS) is 13.2. The van der Waals surface area contributed by atoms with E-state index in [-0.39, 0.29) is 36.2 Å². The number of carboxylic acid groups (broad SMARTS) is 1. The molecular formula is C42H78NO7+. The minimum atomic E-state index is -0.876. The van der Waals surface area contributed by atoms with Crippen LogP contribution in [0.15, 0.2) is 24.3 Å². The van der Waals surface area contributed by atoms with Crippen molar-refractivity contribution in [3.05, 3.63) is 24.3 Å². The number of rotatable bonds is 36. The third-order valence-corrected chi connectivity index (χ3v) is 9.13. The van der Waals surface area contributed by atoms with Crippen LogP contribution < -0.4 is 0 Å². The molecule has 0 rings (SSSR count). The second kappa shape index (κ2) is 33.9. The van der Waals surface area contributed by atoms with Gasteiger partial charge in [0, 0.05) is 19.3 Å². The Morgan fingerprint density at radius 3 is 1.54 bits per heavy atom. The molecule has 0 aliphatic carbocycles. The van der Waals surface area contributed by atoms with Gasteiger partial charge in [-0.3, -0.25) is 9.59 Å². The van der Waals surface area contributed by atoms with Crippen LogP contribution in [0.1, 0.15) is 174 Å². The predicted octanol–water partition coefficient (Wildman–Crippen LogP) is 10.5. The number of hydrogen-bond acceptors (Lipinski definition) is 6. The first-order valence-corrected chi connectivity index (χ1v) is 20.4. The number of carbonyl (C=O) groups excluding carboxylic acids is 2. The smallest absolute Gasteiger partial charge is 0.362 e. The molecule has 8 nitrogen and oxygen atoms in total. The van der Waals surface area contributed by atoms with Crippen LogP contribution in [0, 0.1) is 0 Å². The molecule has 2 unspecified atom stereocenters. The summed E-state index contributed by atoms with van der Waals surface area (Å²) in [7, 11) is 5.52. The average Bonchev–Trinajstić information content (AvgIpc) is 3.06. The zero-order valence-corrected chi connectivity index (χ0v) is 33.1. The number of ether oxygens (including phenoxy) is 3. The third kappa shape index (κ3) is 31.8. The Bertz CT molecular complexity index is 880. The van der Waals surface area contributed by atoms with Crippen LogP contribution >= 0.6 is 0 Å². The number of esters is 2. The number of aliphatic carboxylic acids is 1. The highest BCUT2D eigenvalue weighted by atomic mass is 16.6. The van der Waals surface area contributed by atoms with Crippen LogP contribution in [-0.4, -0.2) is 80.6 Å². The summed E-state index contributed by atoms with van der Waals surface area (Å²) in [5.74, 6) is -1.47. The van der Waals surface area contributed by atoms with E-state index in [1.165, 1.54) is 103 Å². The van der Waals surface area contributed by atoms with Crippen molar-refractivity contribution in [2.45, 2.75) is 187 Å². The fourth-order valence-electron chi connectivity index (χ4n) is 5.90. The van der Waals surface area contributed by atoms with Crippen molar-refractivity contribution in [1.29, 1.82) is 0 Å². The highest BCUT2D eigenvalue weighted by molar-refractivity contribution is 5.72. The minimum absolute atomic E-state index is 0.0496. The zero-order chi connectivity index (χ0) is 37.1. The van der Waals surface area contributed by atoms with Gasteiger partial charge in [-0.15, -0.1) is 0 Å². The average molecular weight is 709 g/mol. The largest absolute Gasteiger partial charge is 0.477 e. The van der Waals surface area contributed by atoms with E-state index < -0.39 is 18.1 Å². The zero-order valence-electron chi connectivity index (χ0n) is 33.1. The van der Waals surface area contributed by atoms with E-state index in [0.717, 1.165) is 38.5 Å². The lowest BCUT2D eigenvalue weighted by atomic mass is 10.1. The van der Waals surface area contributed by atoms with Gasteiger partial charge in [-0.25, -0.2) is 4.79 Å². The Labute approximate surface area is 307 Å². The van der Waals surface area contributed by atoms with E-state index in [2.05, 4.69) is 38.2 Å². The van der Waals surface area contributed by atoms with E-state index in [1.807, 2.05) is 21.1 Å². The van der Waals surface area contributed by atoms with Gasteiger partial charge in [-0.2, -0.15) is 0 Å². The SMILES string of the molecule is CCCCC/C=C/C=C/CCCCCCCCCCCCC(=O)OC(COCCC(C(=O)O)[N+](C)(C)C)COC(=O)CCCCCCCCC. The third-order valence-electron chi connectivity index (χ3n) is 9.13. The summed E-state index contributed by atoms with van der Waals surface area (Å²) < 4.78 is 17.2. The number of allylic oxidation sites excluding steroid dienone is 4. The standard InChI is InChI=1S/C42H77NO7/c1-6-8-10-12-14-15-16-17-18-19-20-21-22-23-24-25-27-29-31-33-41(45)50-38(36-48-35-34-39(42(46)47)43(3,4)5)37-49-40(44)32-30-28-26-13-11-9-7-2/h14-17,38-39H,6-13,18-37H2,1-5H3/p+1/b15-14+,17-16+. The summed E-state index contributed by atoms with van der Waals surface area (Å²) in [6, 6.07) is -0.610. The molecule has 50 heavy (non-hydrogen) atoms. The van der Waals surface area contributed by atoms with Crippen LogP contribution in [0.4, 0.5) is 0 Å². The molecule has 0 aromatic rings. The Morgan fingerprint density at radius 2 is 1.04 bits per heavy atom. The molecule has 8 heteroatoms. The van der Waals surface area contributed by atoms with Gasteiger partial charge in [0.25, 0.3) is 0 Å². The number of carboxylic acids is 1. The number of nitrogens with zero attached hydrogens (tertiary/aromatic N) is 1. The van der Waals surface area contributed by atoms with Crippen molar-refractivity contribution in [3.63, 3.8) is 0 Å². The lowest BCUT2D eigenvalue weighted by Gasteiger charge is -2.31. The fraction of sp³-hybridized carbons (Fsp3) is 0.833. The summed E-state index contributed by atoms with van der Waals surface area (Å²) in [4.78, 5) is 36.7. The highest BCUT2D eigenvalue weighted by Gasteiger charge is 2.31. The molecular weight excluding hydrogens is 630 g/mol. The van der Waals surface area contributed by atoms with E-state index in [9.17, 15) is 19.5 Å². The number of unbranched alkanes of at least 4 members (excludes halogenated alkanes) is 19. The van der Waals surface area contributed by atoms with E-state index >= 15 is 0 Å². The van der Waals surface area contributed by atoms with Gasteiger partial charge in [-0.05, 0) is 38.5 Å². The molecule has 0 spiro atoms. The lowest BCUT2D eigenvalue weighted by Crippen LogP contribution is -2.50. The van der Waals surface area contributed by atoms with Crippen LogP contribution in [0.2, 0.25) is 0 Å². The van der Waals surface area contributed by atoms with Gasteiger partial charge < -0.3 is 23.8 Å². The Hall–Kier alpha value is -2.19. The number of quaternary nitrogens is 1. The molecule has 292 valence electrons. The highest BCUT2D eigenvalue weighted by Crippen LogP contribution is 2.14. The lowest BCUT2D eigenvalue weighted by molar-refractivity contribution is -0.887. The van der Waals surface area contributed by atoms with Crippen molar-refractivity contribution in [2.24, 2.45) is 0 Å². The molecule has 0 aliphatic heterocycles. The van der Waals surface area contributed by atoms with Crippen molar-refractivity contribution in [2.75, 3.05) is 41.0 Å². The molecule has 0 bridgehead atoms. The van der Waals surface area contributed by atoms with Gasteiger partial charge in [-0.1, -0.05) is 141 Å². The quantitative estimate of drug-likeness (QED) is 0.0299. The number of hydrogen-bond donors (Lipinski definition) is 1. The first kappa shape index (κ1) is 47.8. The second-order valence-electron chi connectivity index (χ2n) is 14.9. The van der Waals surface area contributed by atoms with Gasteiger partial charge in [0.05, 0.1) is 34.4 Å². The summed E-state index contributed by atoms with van der Waals surface area (Å²) in [5, 5.41) is 9.57. The Morgan fingerprint density at radius 1 is 0.600 bits per heavy atom. The van der Waals surface area contributed by atoms with Gasteiger partial charge in [0.1, 0.15) is 6.61 Å². The molecule has 0 aliphatic rings. The topological polar surface area (TPSA) is 99.1 Å². The monoisotopic (exact) mass is 709 g/mol. The minimum Gasteiger partial charge on any atom is -0.477 e. The Kier molecular flexibility index (Phi) is 32.4. The first-order valence-electron chi connectivity index (χ1n) is 20.4. The Balaban J connectivity index is 4.26. The molecule has 0 fully saturated rings. The maximum absolute atomic E-state index is 12.7. The summed E-state index contributed by atoms with van der Waals surface area (Å²) >= 11 is 0. The molecule has 0 aromatic heterocycles.